The minimum atomic E-state index is 0.783. The van der Waals surface area contributed by atoms with Crippen molar-refractivity contribution in [3.63, 3.8) is 0 Å². The van der Waals surface area contributed by atoms with Crippen LogP contribution in [0.2, 0.25) is 0 Å². The fourth-order valence-electron chi connectivity index (χ4n) is 1.60. The summed E-state index contributed by atoms with van der Waals surface area (Å²) in [7, 11) is 0. The third kappa shape index (κ3) is 3.80. The van der Waals surface area contributed by atoms with Crippen molar-refractivity contribution in [3.8, 4) is 0 Å². The van der Waals surface area contributed by atoms with Crippen LogP contribution in [0.25, 0.3) is 0 Å². The standard InChI is InChI=1S/C11H18BrClN2/c1-9-11(12)10(2)15(14-9)8-6-4-3-5-7-13/h3-8H2,1-2H3. The molecule has 0 spiro atoms. The van der Waals surface area contributed by atoms with E-state index in [4.69, 9.17) is 11.6 Å². The molecule has 1 aromatic heterocycles. The smallest absolute Gasteiger partial charge is 0.0738 e. The van der Waals surface area contributed by atoms with Crippen molar-refractivity contribution < 1.29 is 0 Å². The second kappa shape index (κ2) is 6.54. The number of unbranched alkanes of at least 4 members (excludes halogenated alkanes) is 3. The molecule has 0 saturated carbocycles. The third-order valence-corrected chi connectivity index (χ3v) is 3.96. The summed E-state index contributed by atoms with van der Waals surface area (Å²) in [5.41, 5.74) is 2.30. The van der Waals surface area contributed by atoms with Gasteiger partial charge < -0.3 is 0 Å². The van der Waals surface area contributed by atoms with Gasteiger partial charge in [-0.25, -0.2) is 0 Å². The Bertz CT molecular complexity index is 310. The molecule has 0 N–H and O–H groups in total. The van der Waals surface area contributed by atoms with Gasteiger partial charge >= 0.3 is 0 Å². The number of halogens is 2. The van der Waals surface area contributed by atoms with Gasteiger partial charge in [-0.3, -0.25) is 4.68 Å². The van der Waals surface area contributed by atoms with Crippen LogP contribution >= 0.6 is 27.5 Å². The highest BCUT2D eigenvalue weighted by molar-refractivity contribution is 9.10. The molecule has 0 aliphatic rings. The van der Waals surface area contributed by atoms with E-state index in [0.29, 0.717) is 0 Å². The van der Waals surface area contributed by atoms with Gasteiger partial charge in [0.2, 0.25) is 0 Å². The van der Waals surface area contributed by atoms with Crippen molar-refractivity contribution in [1.29, 1.82) is 0 Å². The molecule has 0 fully saturated rings. The lowest BCUT2D eigenvalue weighted by Crippen LogP contribution is -2.02. The van der Waals surface area contributed by atoms with E-state index in [1.807, 2.05) is 6.92 Å². The first-order chi connectivity index (χ1) is 7.16. The summed E-state index contributed by atoms with van der Waals surface area (Å²) in [5, 5.41) is 4.47. The molecule has 1 rings (SSSR count). The second-order valence-corrected chi connectivity index (χ2v) is 4.98. The van der Waals surface area contributed by atoms with E-state index in [2.05, 4.69) is 32.6 Å². The van der Waals surface area contributed by atoms with Gasteiger partial charge in [0.05, 0.1) is 10.2 Å². The van der Waals surface area contributed by atoms with Gasteiger partial charge in [-0.05, 0) is 42.6 Å². The van der Waals surface area contributed by atoms with Crippen LogP contribution < -0.4 is 0 Å². The molecule has 86 valence electrons. The Labute approximate surface area is 105 Å². The van der Waals surface area contributed by atoms with E-state index in [-0.39, 0.29) is 0 Å². The summed E-state index contributed by atoms with van der Waals surface area (Å²) in [6.07, 6.45) is 4.78. The Morgan fingerprint density at radius 2 is 1.87 bits per heavy atom. The minimum absolute atomic E-state index is 0.783. The zero-order chi connectivity index (χ0) is 11.3. The molecule has 0 unspecified atom stereocenters. The molecule has 0 aliphatic carbocycles. The summed E-state index contributed by atoms with van der Waals surface area (Å²) in [5.74, 6) is 0.783. The number of aryl methyl sites for hydroxylation is 2. The maximum atomic E-state index is 5.62. The zero-order valence-corrected chi connectivity index (χ0v) is 11.7. The zero-order valence-electron chi connectivity index (χ0n) is 9.39. The number of hydrogen-bond acceptors (Lipinski definition) is 1. The molecule has 1 aromatic rings. The van der Waals surface area contributed by atoms with Gasteiger partial charge in [0.25, 0.3) is 0 Å². The molecule has 0 saturated heterocycles. The molecule has 0 atom stereocenters. The van der Waals surface area contributed by atoms with E-state index in [9.17, 15) is 0 Å². The summed E-state index contributed by atoms with van der Waals surface area (Å²) >= 11 is 9.16. The SMILES string of the molecule is Cc1nn(CCCCCCCl)c(C)c1Br. The van der Waals surface area contributed by atoms with E-state index in [1.54, 1.807) is 0 Å². The highest BCUT2D eigenvalue weighted by Crippen LogP contribution is 2.20. The molecular formula is C11H18BrClN2. The number of alkyl halides is 1. The van der Waals surface area contributed by atoms with Gasteiger partial charge in [-0.15, -0.1) is 11.6 Å². The first kappa shape index (κ1) is 13.0. The lowest BCUT2D eigenvalue weighted by molar-refractivity contribution is 0.530. The lowest BCUT2D eigenvalue weighted by atomic mass is 10.2. The van der Waals surface area contributed by atoms with E-state index in [0.717, 1.165) is 29.0 Å². The Balaban J connectivity index is 2.34. The number of nitrogens with zero attached hydrogens (tertiary/aromatic N) is 2. The molecule has 0 aliphatic heterocycles. The first-order valence-electron chi connectivity index (χ1n) is 5.42. The number of rotatable bonds is 6. The summed E-state index contributed by atoms with van der Waals surface area (Å²) in [6, 6.07) is 0. The van der Waals surface area contributed by atoms with Crippen LogP contribution in [0.15, 0.2) is 4.47 Å². The van der Waals surface area contributed by atoms with Crippen molar-refractivity contribution in [2.75, 3.05) is 5.88 Å². The Morgan fingerprint density at radius 1 is 1.20 bits per heavy atom. The average Bonchev–Trinajstić information content (AvgIpc) is 2.46. The molecule has 0 aromatic carbocycles. The minimum Gasteiger partial charge on any atom is -0.268 e. The summed E-state index contributed by atoms with van der Waals surface area (Å²) < 4.78 is 3.23. The molecule has 0 radical (unpaired) electrons. The topological polar surface area (TPSA) is 17.8 Å². The maximum Gasteiger partial charge on any atom is 0.0738 e. The highest BCUT2D eigenvalue weighted by atomic mass is 79.9. The molecule has 0 bridgehead atoms. The molecular weight excluding hydrogens is 275 g/mol. The third-order valence-electron chi connectivity index (χ3n) is 2.55. The maximum absolute atomic E-state index is 5.62. The van der Waals surface area contributed by atoms with E-state index in [1.165, 1.54) is 25.0 Å². The van der Waals surface area contributed by atoms with E-state index < -0.39 is 0 Å². The van der Waals surface area contributed by atoms with Crippen LogP contribution in [0, 0.1) is 13.8 Å². The van der Waals surface area contributed by atoms with Crippen LogP contribution in [0.3, 0.4) is 0 Å². The number of hydrogen-bond donors (Lipinski definition) is 0. The predicted molar refractivity (Wildman–Crippen MR) is 68.6 cm³/mol. The van der Waals surface area contributed by atoms with Crippen molar-refractivity contribution in [2.45, 2.75) is 46.1 Å². The fraction of sp³-hybridized carbons (Fsp3) is 0.727. The highest BCUT2D eigenvalue weighted by Gasteiger charge is 2.07. The lowest BCUT2D eigenvalue weighted by Gasteiger charge is -2.03. The Kier molecular flexibility index (Phi) is 5.69. The van der Waals surface area contributed by atoms with Crippen molar-refractivity contribution >= 4 is 27.5 Å². The molecule has 2 nitrogen and oxygen atoms in total. The fourth-order valence-corrected chi connectivity index (χ4v) is 2.08. The predicted octanol–water partition coefficient (Wildman–Crippen LogP) is 4.06. The van der Waals surface area contributed by atoms with Crippen molar-refractivity contribution in [3.05, 3.63) is 15.9 Å². The van der Waals surface area contributed by atoms with E-state index >= 15 is 0 Å². The quantitative estimate of drug-likeness (QED) is 0.571. The van der Waals surface area contributed by atoms with Crippen molar-refractivity contribution in [2.24, 2.45) is 0 Å². The normalized spacial score (nSPS) is 10.9. The molecule has 1 heterocycles. The Hall–Kier alpha value is -0.0200. The summed E-state index contributed by atoms with van der Waals surface area (Å²) in [4.78, 5) is 0. The molecule has 15 heavy (non-hydrogen) atoms. The van der Waals surface area contributed by atoms with Crippen LogP contribution in [-0.2, 0) is 6.54 Å². The van der Waals surface area contributed by atoms with Gasteiger partial charge in [0.1, 0.15) is 0 Å². The van der Waals surface area contributed by atoms with Gasteiger partial charge in [0.15, 0.2) is 0 Å². The van der Waals surface area contributed by atoms with Crippen LogP contribution in [0.5, 0.6) is 0 Å². The monoisotopic (exact) mass is 292 g/mol. The number of aromatic nitrogens is 2. The van der Waals surface area contributed by atoms with Crippen LogP contribution in [0.1, 0.15) is 37.1 Å². The molecule has 0 amide bonds. The molecule has 4 heteroatoms. The average molecular weight is 294 g/mol. The van der Waals surface area contributed by atoms with Crippen LogP contribution in [0.4, 0.5) is 0 Å². The first-order valence-corrected chi connectivity index (χ1v) is 6.75. The van der Waals surface area contributed by atoms with Crippen molar-refractivity contribution in [1.82, 2.24) is 9.78 Å². The van der Waals surface area contributed by atoms with Gasteiger partial charge in [0, 0.05) is 18.1 Å². The largest absolute Gasteiger partial charge is 0.268 e. The Morgan fingerprint density at radius 3 is 2.40 bits per heavy atom. The van der Waals surface area contributed by atoms with Gasteiger partial charge in [-0.2, -0.15) is 5.10 Å². The summed E-state index contributed by atoms with van der Waals surface area (Å²) in [6.45, 7) is 5.14. The second-order valence-electron chi connectivity index (χ2n) is 3.81. The van der Waals surface area contributed by atoms with Crippen LogP contribution in [-0.4, -0.2) is 15.7 Å². The van der Waals surface area contributed by atoms with Gasteiger partial charge in [-0.1, -0.05) is 12.8 Å².